The van der Waals surface area contributed by atoms with E-state index in [1.807, 2.05) is 60.7 Å². The number of hydrogen-bond acceptors (Lipinski definition) is 7. The first kappa shape index (κ1) is 21.0. The monoisotopic (exact) mass is 426 g/mol. The Morgan fingerprint density at radius 1 is 0.774 bits per heavy atom. The van der Waals surface area contributed by atoms with E-state index >= 15 is 0 Å². The average molecular weight is 427 g/mol. The van der Waals surface area contributed by atoms with Crippen LogP contribution in [0, 0.1) is 0 Å². The van der Waals surface area contributed by atoms with Crippen LogP contribution in [0.15, 0.2) is 60.7 Å². The molecule has 0 amide bonds. The fraction of sp³-hybridized carbons (Fsp3) is 0.500. The molecule has 4 aliphatic rings. The van der Waals surface area contributed by atoms with Crippen LogP contribution in [-0.2, 0) is 10.8 Å². The molecule has 2 aromatic rings. The summed E-state index contributed by atoms with van der Waals surface area (Å²) in [6.07, 6.45) is -5.23. The molecule has 0 aromatic heterocycles. The SMILES string of the molecule is OC[C@@H](O)[C@@H](O)[C@H](O)C1N2CC3(c4ccccc4)CN1CC(c1ccccc1)(C2)C3O. The van der Waals surface area contributed by atoms with Crippen molar-refractivity contribution in [3.8, 4) is 0 Å². The maximum atomic E-state index is 11.9. The summed E-state index contributed by atoms with van der Waals surface area (Å²) in [5.41, 5.74) is 1.04. The topological polar surface area (TPSA) is 108 Å². The molecule has 166 valence electrons. The van der Waals surface area contributed by atoms with Gasteiger partial charge in [0.05, 0.1) is 18.9 Å². The Bertz CT molecular complexity index is 835. The van der Waals surface area contributed by atoms with Crippen molar-refractivity contribution in [2.45, 2.75) is 41.4 Å². The first-order chi connectivity index (χ1) is 14.9. The summed E-state index contributed by atoms with van der Waals surface area (Å²) in [5, 5.41) is 52.4. The van der Waals surface area contributed by atoms with E-state index in [9.17, 15) is 25.5 Å². The molecule has 4 saturated heterocycles. The Labute approximate surface area is 181 Å². The highest BCUT2D eigenvalue weighted by atomic mass is 16.4. The molecular formula is C24H30N2O5. The van der Waals surface area contributed by atoms with E-state index in [-0.39, 0.29) is 0 Å². The highest BCUT2D eigenvalue weighted by Crippen LogP contribution is 2.53. The molecule has 0 spiro atoms. The van der Waals surface area contributed by atoms with Gasteiger partial charge >= 0.3 is 0 Å². The Hall–Kier alpha value is -1.84. The van der Waals surface area contributed by atoms with Gasteiger partial charge < -0.3 is 25.5 Å². The third-order valence-electron chi connectivity index (χ3n) is 7.67. The standard InChI is InChI=1S/C24H30N2O5/c27-11-18(28)19(29)20(30)21-25-12-23(16-7-3-1-4-8-16)13-26(21)15-24(14-25,22(23)31)17-9-5-2-6-10-17/h1-10,18-22,27-31H,11-15H2/t18-,19-,20+,21?,22?,23?,24?/m1/s1. The smallest absolute Gasteiger partial charge is 0.111 e. The zero-order chi connectivity index (χ0) is 21.8. The van der Waals surface area contributed by atoms with E-state index < -0.39 is 48.0 Å². The van der Waals surface area contributed by atoms with Gasteiger partial charge in [0, 0.05) is 37.0 Å². The minimum atomic E-state index is -1.46. The Morgan fingerprint density at radius 3 is 1.58 bits per heavy atom. The van der Waals surface area contributed by atoms with Gasteiger partial charge in [0.2, 0.25) is 0 Å². The van der Waals surface area contributed by atoms with Crippen LogP contribution in [0.5, 0.6) is 0 Å². The summed E-state index contributed by atoms with van der Waals surface area (Å²) >= 11 is 0. The van der Waals surface area contributed by atoms with Crippen LogP contribution < -0.4 is 0 Å². The predicted molar refractivity (Wildman–Crippen MR) is 114 cm³/mol. The van der Waals surface area contributed by atoms with E-state index in [1.165, 1.54) is 0 Å². The number of aliphatic hydroxyl groups is 5. The largest absolute Gasteiger partial charge is 0.394 e. The Kier molecular flexibility index (Phi) is 5.18. The van der Waals surface area contributed by atoms with Crippen LogP contribution in [0.4, 0.5) is 0 Å². The molecule has 7 heteroatoms. The minimum absolute atomic E-state index is 0.502. The first-order valence-corrected chi connectivity index (χ1v) is 10.9. The van der Waals surface area contributed by atoms with Crippen molar-refractivity contribution in [1.29, 1.82) is 0 Å². The average Bonchev–Trinajstić information content (AvgIpc) is 2.81. The number of benzene rings is 2. The maximum Gasteiger partial charge on any atom is 0.111 e. The van der Waals surface area contributed by atoms with Gasteiger partial charge in [-0.3, -0.25) is 9.80 Å². The summed E-state index contributed by atoms with van der Waals surface area (Å²) in [6, 6.07) is 20.0. The molecule has 4 bridgehead atoms. The molecule has 0 saturated carbocycles. The van der Waals surface area contributed by atoms with Crippen molar-refractivity contribution in [2.24, 2.45) is 0 Å². The van der Waals surface area contributed by atoms with Crippen LogP contribution in [-0.4, -0.2) is 98.7 Å². The Morgan fingerprint density at radius 2 is 1.19 bits per heavy atom. The zero-order valence-electron chi connectivity index (χ0n) is 17.3. The fourth-order valence-electron chi connectivity index (χ4n) is 6.31. The summed E-state index contributed by atoms with van der Waals surface area (Å²) in [4.78, 5) is 4.25. The molecule has 4 fully saturated rings. The number of hydrogen-bond donors (Lipinski definition) is 5. The number of nitrogens with zero attached hydrogens (tertiary/aromatic N) is 2. The number of rotatable bonds is 6. The molecule has 0 radical (unpaired) electrons. The zero-order valence-corrected chi connectivity index (χ0v) is 17.3. The van der Waals surface area contributed by atoms with Gasteiger partial charge in [0.25, 0.3) is 0 Å². The van der Waals surface area contributed by atoms with Gasteiger partial charge in [-0.15, -0.1) is 0 Å². The molecular weight excluding hydrogens is 396 g/mol. The second-order valence-corrected chi connectivity index (χ2v) is 9.40. The summed E-state index contributed by atoms with van der Waals surface area (Å²) in [5.74, 6) is 0. The van der Waals surface area contributed by atoms with Gasteiger partial charge in [-0.1, -0.05) is 60.7 Å². The molecule has 5 N–H and O–H groups in total. The molecule has 31 heavy (non-hydrogen) atoms. The predicted octanol–water partition coefficient (Wildman–Crippen LogP) is -0.731. The summed E-state index contributed by atoms with van der Waals surface area (Å²) < 4.78 is 0. The lowest BCUT2D eigenvalue weighted by Crippen LogP contribution is -2.85. The maximum absolute atomic E-state index is 11.9. The molecule has 2 aromatic carbocycles. The van der Waals surface area contributed by atoms with Crippen molar-refractivity contribution in [3.05, 3.63) is 71.8 Å². The van der Waals surface area contributed by atoms with Crippen molar-refractivity contribution in [3.63, 3.8) is 0 Å². The summed E-state index contributed by atoms with van der Waals surface area (Å²) in [6.45, 7) is 1.52. The van der Waals surface area contributed by atoms with Gasteiger partial charge in [0.1, 0.15) is 18.3 Å². The fourth-order valence-corrected chi connectivity index (χ4v) is 6.31. The molecule has 0 aliphatic carbocycles. The highest BCUT2D eigenvalue weighted by molar-refractivity contribution is 5.42. The lowest BCUT2D eigenvalue weighted by molar-refractivity contribution is -0.241. The van der Waals surface area contributed by atoms with E-state index in [2.05, 4.69) is 9.80 Å². The van der Waals surface area contributed by atoms with Crippen molar-refractivity contribution in [2.75, 3.05) is 32.8 Å². The molecule has 6 rings (SSSR count). The van der Waals surface area contributed by atoms with E-state index in [0.29, 0.717) is 26.2 Å². The molecule has 4 heterocycles. The van der Waals surface area contributed by atoms with Crippen LogP contribution in [0.25, 0.3) is 0 Å². The quantitative estimate of drug-likeness (QED) is 0.415. The lowest BCUT2D eigenvalue weighted by Gasteiger charge is -2.70. The van der Waals surface area contributed by atoms with Crippen LogP contribution in [0.2, 0.25) is 0 Å². The third kappa shape index (κ3) is 3.00. The van der Waals surface area contributed by atoms with E-state index in [0.717, 1.165) is 11.1 Å². The Balaban J connectivity index is 1.59. The first-order valence-electron chi connectivity index (χ1n) is 10.9. The van der Waals surface area contributed by atoms with Crippen molar-refractivity contribution < 1.29 is 25.5 Å². The van der Waals surface area contributed by atoms with Gasteiger partial charge in [-0.2, -0.15) is 0 Å². The minimum Gasteiger partial charge on any atom is -0.394 e. The van der Waals surface area contributed by atoms with Crippen LogP contribution in [0.1, 0.15) is 11.1 Å². The summed E-state index contributed by atoms with van der Waals surface area (Å²) in [7, 11) is 0. The molecule has 7 nitrogen and oxygen atoms in total. The lowest BCUT2D eigenvalue weighted by atomic mass is 9.54. The highest BCUT2D eigenvalue weighted by Gasteiger charge is 2.67. The molecule has 3 atom stereocenters. The van der Waals surface area contributed by atoms with Gasteiger partial charge in [-0.05, 0) is 11.1 Å². The van der Waals surface area contributed by atoms with Crippen molar-refractivity contribution >= 4 is 0 Å². The van der Waals surface area contributed by atoms with Gasteiger partial charge in [0.15, 0.2) is 0 Å². The normalized spacial score (nSPS) is 39.3. The van der Waals surface area contributed by atoms with Crippen LogP contribution >= 0.6 is 0 Å². The third-order valence-corrected chi connectivity index (χ3v) is 7.67. The van der Waals surface area contributed by atoms with E-state index in [4.69, 9.17) is 0 Å². The second kappa shape index (κ2) is 7.64. The number of piperidine rings is 2. The molecule has 0 unspecified atom stereocenters. The van der Waals surface area contributed by atoms with E-state index in [1.54, 1.807) is 0 Å². The molecule has 4 aliphatic heterocycles. The van der Waals surface area contributed by atoms with Crippen molar-refractivity contribution in [1.82, 2.24) is 9.80 Å². The van der Waals surface area contributed by atoms with Gasteiger partial charge in [-0.25, -0.2) is 0 Å². The number of aliphatic hydroxyl groups excluding tert-OH is 5. The van der Waals surface area contributed by atoms with Crippen LogP contribution in [0.3, 0.4) is 0 Å². The second-order valence-electron chi connectivity index (χ2n) is 9.40.